The average Bonchev–Trinajstić information content (AvgIpc) is 3.57. The summed E-state index contributed by atoms with van der Waals surface area (Å²) < 4.78 is 9.02. The molecule has 9 aromatic carbocycles. The molecule has 11 rings (SSSR count). The number of nitrogens with zero attached hydrogens (tertiary/aromatic N) is 1. The molecule has 1 aromatic heterocycles. The fraction of sp³-hybridized carbons (Fsp3) is 0.0196. The van der Waals surface area contributed by atoms with E-state index in [9.17, 15) is 0 Å². The number of aromatic nitrogens is 1. The molecule has 53 heavy (non-hydrogen) atoms. The van der Waals surface area contributed by atoms with Crippen LogP contribution >= 0.6 is 0 Å². The first kappa shape index (κ1) is 29.8. The van der Waals surface area contributed by atoms with Crippen LogP contribution in [0, 0.1) is 0 Å². The van der Waals surface area contributed by atoms with Crippen molar-refractivity contribution >= 4 is 43.4 Å². The zero-order valence-electron chi connectivity index (χ0n) is 28.9. The van der Waals surface area contributed by atoms with Crippen molar-refractivity contribution in [3.63, 3.8) is 0 Å². The van der Waals surface area contributed by atoms with Crippen molar-refractivity contribution in [3.05, 3.63) is 211 Å². The zero-order valence-corrected chi connectivity index (χ0v) is 28.9. The summed E-state index contributed by atoms with van der Waals surface area (Å²) in [5, 5.41) is 7.44. The lowest BCUT2D eigenvalue weighted by atomic mass is 9.78. The molecule has 0 spiro atoms. The summed E-state index contributed by atoms with van der Waals surface area (Å²) in [6.45, 7) is 0. The summed E-state index contributed by atoms with van der Waals surface area (Å²) in [6.07, 6.45) is 0. The molecule has 0 amide bonds. The predicted molar refractivity (Wildman–Crippen MR) is 221 cm³/mol. The first-order chi connectivity index (χ1) is 26.3. The van der Waals surface area contributed by atoms with E-state index in [1.165, 1.54) is 88.0 Å². The van der Waals surface area contributed by atoms with E-state index >= 15 is 0 Å². The van der Waals surface area contributed by atoms with Crippen molar-refractivity contribution in [1.29, 1.82) is 0 Å². The molecule has 0 bridgehead atoms. The topological polar surface area (TPSA) is 14.2 Å². The normalized spacial score (nSPS) is 12.6. The molecule has 0 unspecified atom stereocenters. The summed E-state index contributed by atoms with van der Waals surface area (Å²) >= 11 is 0. The number of hydrogen-bond acceptors (Lipinski definition) is 1. The molecular formula is C51H33NO. The predicted octanol–water partition coefficient (Wildman–Crippen LogP) is 13.7. The van der Waals surface area contributed by atoms with Crippen molar-refractivity contribution < 1.29 is 4.74 Å². The van der Waals surface area contributed by atoms with Crippen LogP contribution in [0.25, 0.3) is 71.3 Å². The first-order valence-corrected chi connectivity index (χ1v) is 18.3. The molecule has 0 fully saturated rings. The van der Waals surface area contributed by atoms with Gasteiger partial charge >= 0.3 is 0 Å². The lowest BCUT2D eigenvalue weighted by Crippen LogP contribution is -2.13. The Labute approximate surface area is 307 Å². The molecule has 2 heteroatoms. The van der Waals surface area contributed by atoms with Crippen molar-refractivity contribution in [2.24, 2.45) is 0 Å². The van der Waals surface area contributed by atoms with Gasteiger partial charge in [0.1, 0.15) is 11.5 Å². The van der Waals surface area contributed by atoms with Gasteiger partial charge in [-0.2, -0.15) is 0 Å². The van der Waals surface area contributed by atoms with Gasteiger partial charge < -0.3 is 9.30 Å². The van der Waals surface area contributed by atoms with E-state index in [2.05, 4.69) is 199 Å². The molecule has 1 aliphatic heterocycles. The molecule has 0 aliphatic carbocycles. The fourth-order valence-electron chi connectivity index (χ4n) is 8.65. The van der Waals surface area contributed by atoms with Gasteiger partial charge in [-0.1, -0.05) is 152 Å². The third-order valence-corrected chi connectivity index (χ3v) is 11.1. The molecular weight excluding hydrogens is 643 g/mol. The minimum atomic E-state index is 0.0325. The Morgan fingerprint density at radius 1 is 0.358 bits per heavy atom. The zero-order chi connectivity index (χ0) is 34.9. The highest BCUT2D eigenvalue weighted by atomic mass is 16.5. The minimum absolute atomic E-state index is 0.0325. The summed E-state index contributed by atoms with van der Waals surface area (Å²) in [5.74, 6) is 1.89. The van der Waals surface area contributed by atoms with Gasteiger partial charge in [0.25, 0.3) is 0 Å². The van der Waals surface area contributed by atoms with Crippen LogP contribution in [0.3, 0.4) is 0 Å². The van der Waals surface area contributed by atoms with Gasteiger partial charge in [0.2, 0.25) is 0 Å². The van der Waals surface area contributed by atoms with E-state index in [-0.39, 0.29) is 5.92 Å². The highest BCUT2D eigenvalue weighted by Crippen LogP contribution is 2.52. The number of hydrogen-bond donors (Lipinski definition) is 0. The van der Waals surface area contributed by atoms with Crippen LogP contribution in [-0.4, -0.2) is 4.57 Å². The van der Waals surface area contributed by atoms with Gasteiger partial charge in [0.15, 0.2) is 0 Å². The molecule has 10 aromatic rings. The highest BCUT2D eigenvalue weighted by molar-refractivity contribution is 6.10. The van der Waals surface area contributed by atoms with Crippen LogP contribution in [0.15, 0.2) is 194 Å². The Morgan fingerprint density at radius 2 is 0.849 bits per heavy atom. The van der Waals surface area contributed by atoms with Crippen LogP contribution < -0.4 is 4.74 Å². The minimum Gasteiger partial charge on any atom is -0.457 e. The SMILES string of the molecule is c1ccc(-n2c3ccccc3c3cc(-c4ccc(-c5ccc(C6c7c(ccc8ccccc78)Oc7ccc8ccccc8c76)cc5)cc4)ccc32)cc1. The summed E-state index contributed by atoms with van der Waals surface area (Å²) in [6, 6.07) is 70.3. The van der Waals surface area contributed by atoms with Gasteiger partial charge in [-0.25, -0.2) is 0 Å². The summed E-state index contributed by atoms with van der Waals surface area (Å²) in [4.78, 5) is 0. The highest BCUT2D eigenvalue weighted by Gasteiger charge is 2.32. The smallest absolute Gasteiger partial charge is 0.132 e. The van der Waals surface area contributed by atoms with E-state index < -0.39 is 0 Å². The van der Waals surface area contributed by atoms with Gasteiger partial charge in [0, 0.05) is 33.5 Å². The Morgan fingerprint density at radius 3 is 1.49 bits per heavy atom. The molecule has 2 heterocycles. The molecule has 0 saturated heterocycles. The van der Waals surface area contributed by atoms with Crippen molar-refractivity contribution in [3.8, 4) is 39.4 Å². The van der Waals surface area contributed by atoms with Gasteiger partial charge in [-0.3, -0.25) is 0 Å². The standard InChI is InChI=1S/C51H33NO/c1-2-12-40(13-3-1)52-45-17-9-8-16-43(45)44-32-39(26-29-46(44)52)35-20-18-33(19-21-35)34-22-24-38(25-23-34)49-50-41-14-6-4-10-36(41)27-30-47(50)53-48-31-28-37-11-5-7-15-42(37)51(48)49/h1-32,49H. The van der Waals surface area contributed by atoms with E-state index in [0.29, 0.717) is 0 Å². The third-order valence-electron chi connectivity index (χ3n) is 11.1. The van der Waals surface area contributed by atoms with Gasteiger partial charge in [0.05, 0.1) is 11.0 Å². The maximum Gasteiger partial charge on any atom is 0.132 e. The van der Waals surface area contributed by atoms with Crippen LogP contribution in [0.1, 0.15) is 22.6 Å². The maximum absolute atomic E-state index is 6.65. The van der Waals surface area contributed by atoms with Crippen molar-refractivity contribution in [1.82, 2.24) is 4.57 Å². The number of ether oxygens (including phenoxy) is 1. The van der Waals surface area contributed by atoms with E-state index in [1.54, 1.807) is 0 Å². The average molecular weight is 676 g/mol. The molecule has 1 aliphatic rings. The Hall–Kier alpha value is -6.90. The monoisotopic (exact) mass is 675 g/mol. The quantitative estimate of drug-likeness (QED) is 0.181. The van der Waals surface area contributed by atoms with Crippen molar-refractivity contribution in [2.75, 3.05) is 0 Å². The summed E-state index contributed by atoms with van der Waals surface area (Å²) in [5.41, 5.74) is 12.1. The van der Waals surface area contributed by atoms with Crippen LogP contribution in [-0.2, 0) is 0 Å². The Balaban J connectivity index is 0.973. The van der Waals surface area contributed by atoms with E-state index in [4.69, 9.17) is 4.74 Å². The summed E-state index contributed by atoms with van der Waals surface area (Å²) in [7, 11) is 0. The number of rotatable bonds is 4. The molecule has 0 saturated carbocycles. The largest absolute Gasteiger partial charge is 0.457 e. The van der Waals surface area contributed by atoms with Gasteiger partial charge in [-0.15, -0.1) is 0 Å². The van der Waals surface area contributed by atoms with Gasteiger partial charge in [-0.05, 0) is 91.8 Å². The fourth-order valence-corrected chi connectivity index (χ4v) is 8.65. The lowest BCUT2D eigenvalue weighted by molar-refractivity contribution is 0.456. The van der Waals surface area contributed by atoms with Crippen molar-refractivity contribution in [2.45, 2.75) is 5.92 Å². The molecule has 0 radical (unpaired) electrons. The van der Waals surface area contributed by atoms with Crippen LogP contribution in [0.2, 0.25) is 0 Å². The number of fused-ring (bicyclic) bond motifs is 9. The Kier molecular flexibility index (Phi) is 6.65. The maximum atomic E-state index is 6.65. The van der Waals surface area contributed by atoms with E-state index in [0.717, 1.165) is 11.5 Å². The Bertz CT molecular complexity index is 2920. The third kappa shape index (κ3) is 4.73. The second-order valence-electron chi connectivity index (χ2n) is 14.1. The molecule has 0 atom stereocenters. The first-order valence-electron chi connectivity index (χ1n) is 18.3. The lowest BCUT2D eigenvalue weighted by Gasteiger charge is -2.31. The van der Waals surface area contributed by atoms with E-state index in [1.807, 2.05) is 0 Å². The molecule has 248 valence electrons. The number of benzene rings is 9. The molecule has 0 N–H and O–H groups in total. The second kappa shape index (κ2) is 11.8. The van der Waals surface area contributed by atoms with Crippen LogP contribution in [0.5, 0.6) is 11.5 Å². The number of para-hydroxylation sites is 2. The molecule has 2 nitrogen and oxygen atoms in total. The van der Waals surface area contributed by atoms with Crippen LogP contribution in [0.4, 0.5) is 0 Å². The second-order valence-corrected chi connectivity index (χ2v) is 14.1.